The summed E-state index contributed by atoms with van der Waals surface area (Å²) in [6.07, 6.45) is 0. The SMILES string of the molecule is CC(C)(C)NS(=O)(=O)c1ccc(C(=O)N2CC(=O)Nc3ccccc32)cc1. The van der Waals surface area contributed by atoms with Gasteiger partial charge in [0.25, 0.3) is 5.91 Å². The van der Waals surface area contributed by atoms with Crippen LogP contribution in [0.3, 0.4) is 0 Å². The lowest BCUT2D eigenvalue weighted by atomic mass is 10.1. The number of carbonyl (C=O) groups excluding carboxylic acids is 2. The molecule has 0 bridgehead atoms. The van der Waals surface area contributed by atoms with Crippen LogP contribution >= 0.6 is 0 Å². The second kappa shape index (κ2) is 6.79. The van der Waals surface area contributed by atoms with Gasteiger partial charge in [-0.3, -0.25) is 14.5 Å². The quantitative estimate of drug-likeness (QED) is 0.845. The summed E-state index contributed by atoms with van der Waals surface area (Å²) in [4.78, 5) is 26.2. The number of nitrogens with zero attached hydrogens (tertiary/aromatic N) is 1. The van der Waals surface area contributed by atoms with E-state index < -0.39 is 15.6 Å². The fourth-order valence-corrected chi connectivity index (χ4v) is 4.23. The number of rotatable bonds is 3. The number of hydrogen-bond acceptors (Lipinski definition) is 4. The highest BCUT2D eigenvalue weighted by molar-refractivity contribution is 7.89. The zero-order chi connectivity index (χ0) is 19.8. The van der Waals surface area contributed by atoms with Crippen molar-refractivity contribution in [3.05, 3.63) is 54.1 Å². The fraction of sp³-hybridized carbons (Fsp3) is 0.263. The molecule has 2 aromatic carbocycles. The van der Waals surface area contributed by atoms with Gasteiger partial charge in [-0.05, 0) is 57.2 Å². The summed E-state index contributed by atoms with van der Waals surface area (Å²) in [7, 11) is -3.68. The number of nitrogens with one attached hydrogen (secondary N) is 2. The van der Waals surface area contributed by atoms with Gasteiger partial charge < -0.3 is 5.32 Å². The van der Waals surface area contributed by atoms with Gasteiger partial charge >= 0.3 is 0 Å². The Morgan fingerprint density at radius 2 is 1.70 bits per heavy atom. The summed E-state index contributed by atoms with van der Waals surface area (Å²) in [5.41, 5.74) is 0.858. The molecule has 1 aliphatic heterocycles. The largest absolute Gasteiger partial charge is 0.323 e. The molecule has 7 nitrogen and oxygen atoms in total. The third kappa shape index (κ3) is 4.17. The highest BCUT2D eigenvalue weighted by Crippen LogP contribution is 2.30. The molecule has 2 amide bonds. The number of amides is 2. The molecule has 1 heterocycles. The Balaban J connectivity index is 1.88. The van der Waals surface area contributed by atoms with Crippen LogP contribution in [0.25, 0.3) is 0 Å². The van der Waals surface area contributed by atoms with E-state index in [1.165, 1.54) is 29.2 Å². The smallest absolute Gasteiger partial charge is 0.258 e. The molecule has 0 atom stereocenters. The lowest BCUT2D eigenvalue weighted by molar-refractivity contribution is -0.115. The number of carbonyl (C=O) groups is 2. The van der Waals surface area contributed by atoms with Crippen molar-refractivity contribution >= 4 is 33.2 Å². The number of para-hydroxylation sites is 2. The van der Waals surface area contributed by atoms with Gasteiger partial charge in [0.15, 0.2) is 0 Å². The Hall–Kier alpha value is -2.71. The van der Waals surface area contributed by atoms with Crippen molar-refractivity contribution in [3.8, 4) is 0 Å². The van der Waals surface area contributed by atoms with E-state index in [1.54, 1.807) is 45.0 Å². The molecule has 2 aromatic rings. The van der Waals surface area contributed by atoms with Crippen LogP contribution in [0.15, 0.2) is 53.4 Å². The zero-order valence-electron chi connectivity index (χ0n) is 15.3. The predicted molar refractivity (Wildman–Crippen MR) is 103 cm³/mol. The van der Waals surface area contributed by atoms with E-state index in [2.05, 4.69) is 10.0 Å². The summed E-state index contributed by atoms with van der Waals surface area (Å²) in [6, 6.07) is 12.7. The molecule has 0 aromatic heterocycles. The Morgan fingerprint density at radius 1 is 1.07 bits per heavy atom. The number of hydrogen-bond donors (Lipinski definition) is 2. The average Bonchev–Trinajstić information content (AvgIpc) is 2.58. The van der Waals surface area contributed by atoms with Gasteiger partial charge in [-0.15, -0.1) is 0 Å². The minimum atomic E-state index is -3.68. The van der Waals surface area contributed by atoms with Crippen LogP contribution in [0.5, 0.6) is 0 Å². The van der Waals surface area contributed by atoms with E-state index >= 15 is 0 Å². The Bertz CT molecular complexity index is 992. The average molecular weight is 387 g/mol. The number of anilines is 2. The second-order valence-electron chi connectivity index (χ2n) is 7.34. The van der Waals surface area contributed by atoms with Crippen molar-refractivity contribution in [3.63, 3.8) is 0 Å². The lowest BCUT2D eigenvalue weighted by Crippen LogP contribution is -2.42. The molecule has 0 fully saturated rings. The molecule has 8 heteroatoms. The van der Waals surface area contributed by atoms with E-state index in [1.807, 2.05) is 0 Å². The molecule has 0 saturated carbocycles. The normalized spacial score (nSPS) is 14.5. The Morgan fingerprint density at radius 3 is 2.33 bits per heavy atom. The van der Waals surface area contributed by atoms with Gasteiger partial charge in [0.2, 0.25) is 15.9 Å². The van der Waals surface area contributed by atoms with Gasteiger partial charge in [0.1, 0.15) is 6.54 Å². The Labute approximate surface area is 158 Å². The summed E-state index contributed by atoms with van der Waals surface area (Å²) < 4.78 is 27.3. The molecular weight excluding hydrogens is 366 g/mol. The van der Waals surface area contributed by atoms with Gasteiger partial charge in [-0.25, -0.2) is 13.1 Å². The monoisotopic (exact) mass is 387 g/mol. The molecule has 142 valence electrons. The predicted octanol–water partition coefficient (Wildman–Crippen LogP) is 2.36. The highest BCUT2D eigenvalue weighted by atomic mass is 32.2. The number of fused-ring (bicyclic) bond motifs is 1. The topological polar surface area (TPSA) is 95.6 Å². The maximum Gasteiger partial charge on any atom is 0.258 e. The molecule has 0 saturated heterocycles. The van der Waals surface area contributed by atoms with Crippen LogP contribution in [0.1, 0.15) is 31.1 Å². The van der Waals surface area contributed by atoms with Crippen molar-refractivity contribution in [2.24, 2.45) is 0 Å². The van der Waals surface area contributed by atoms with E-state index in [0.29, 0.717) is 16.9 Å². The Kier molecular flexibility index (Phi) is 4.79. The number of benzene rings is 2. The van der Waals surface area contributed by atoms with Crippen LogP contribution in [0, 0.1) is 0 Å². The first-order valence-electron chi connectivity index (χ1n) is 8.42. The van der Waals surface area contributed by atoms with Crippen LogP contribution in [0.4, 0.5) is 11.4 Å². The molecule has 1 aliphatic rings. The lowest BCUT2D eigenvalue weighted by Gasteiger charge is -2.29. The van der Waals surface area contributed by atoms with E-state index in [4.69, 9.17) is 0 Å². The third-order valence-electron chi connectivity index (χ3n) is 3.87. The van der Waals surface area contributed by atoms with Gasteiger partial charge in [-0.2, -0.15) is 0 Å². The van der Waals surface area contributed by atoms with Crippen molar-refractivity contribution < 1.29 is 18.0 Å². The molecule has 27 heavy (non-hydrogen) atoms. The maximum atomic E-state index is 12.9. The standard InChI is InChI=1S/C19H21N3O4S/c1-19(2,3)21-27(25,26)14-10-8-13(9-11-14)18(24)22-12-17(23)20-15-6-4-5-7-16(15)22/h4-11,21H,12H2,1-3H3,(H,20,23). The molecular formula is C19H21N3O4S. The number of sulfonamides is 1. The summed E-state index contributed by atoms with van der Waals surface area (Å²) in [6.45, 7) is 5.16. The molecule has 3 rings (SSSR count). The first-order chi connectivity index (χ1) is 12.6. The van der Waals surface area contributed by atoms with Gasteiger partial charge in [0.05, 0.1) is 16.3 Å². The van der Waals surface area contributed by atoms with Crippen LogP contribution in [-0.4, -0.2) is 32.3 Å². The van der Waals surface area contributed by atoms with Crippen molar-refractivity contribution in [1.29, 1.82) is 0 Å². The summed E-state index contributed by atoms with van der Waals surface area (Å²) in [5, 5.41) is 2.73. The van der Waals surface area contributed by atoms with E-state index in [9.17, 15) is 18.0 Å². The first-order valence-corrected chi connectivity index (χ1v) is 9.90. The molecule has 0 aliphatic carbocycles. The fourth-order valence-electron chi connectivity index (χ4n) is 2.81. The molecule has 0 radical (unpaired) electrons. The van der Waals surface area contributed by atoms with E-state index in [-0.39, 0.29) is 23.3 Å². The second-order valence-corrected chi connectivity index (χ2v) is 9.02. The van der Waals surface area contributed by atoms with Gasteiger partial charge in [-0.1, -0.05) is 12.1 Å². The van der Waals surface area contributed by atoms with Crippen LogP contribution < -0.4 is 14.9 Å². The molecule has 0 unspecified atom stereocenters. The minimum absolute atomic E-state index is 0.0748. The molecule has 2 N–H and O–H groups in total. The molecule has 0 spiro atoms. The van der Waals surface area contributed by atoms with E-state index in [0.717, 1.165) is 0 Å². The maximum absolute atomic E-state index is 12.9. The van der Waals surface area contributed by atoms with Crippen molar-refractivity contribution in [2.45, 2.75) is 31.2 Å². The summed E-state index contributed by atoms with van der Waals surface area (Å²) >= 11 is 0. The van der Waals surface area contributed by atoms with Gasteiger partial charge in [0, 0.05) is 11.1 Å². The zero-order valence-corrected chi connectivity index (χ0v) is 16.1. The van der Waals surface area contributed by atoms with Crippen molar-refractivity contribution in [2.75, 3.05) is 16.8 Å². The third-order valence-corrected chi connectivity index (χ3v) is 5.64. The van der Waals surface area contributed by atoms with Crippen molar-refractivity contribution in [1.82, 2.24) is 4.72 Å². The minimum Gasteiger partial charge on any atom is -0.323 e. The first kappa shape index (κ1) is 19.1. The van der Waals surface area contributed by atoms with Crippen LogP contribution in [-0.2, 0) is 14.8 Å². The van der Waals surface area contributed by atoms with Crippen LogP contribution in [0.2, 0.25) is 0 Å². The highest BCUT2D eigenvalue weighted by Gasteiger charge is 2.28. The summed E-state index contributed by atoms with van der Waals surface area (Å²) in [5.74, 6) is -0.652.